The molecule has 0 saturated carbocycles. The van der Waals surface area contributed by atoms with Crippen molar-refractivity contribution in [3.05, 3.63) is 11.4 Å². The Balaban J connectivity index is 3.07. The van der Waals surface area contributed by atoms with Crippen LogP contribution in [0.2, 0.25) is 0 Å². The van der Waals surface area contributed by atoms with Gasteiger partial charge < -0.3 is 10.6 Å². The zero-order chi connectivity index (χ0) is 13.0. The van der Waals surface area contributed by atoms with Crippen molar-refractivity contribution in [2.24, 2.45) is 0 Å². The number of anilines is 2. The van der Waals surface area contributed by atoms with E-state index in [0.717, 1.165) is 29.4 Å². The van der Waals surface area contributed by atoms with E-state index in [1.165, 1.54) is 0 Å². The molecule has 0 aromatic carbocycles. The van der Waals surface area contributed by atoms with Crippen LogP contribution in [0.1, 0.15) is 25.2 Å². The van der Waals surface area contributed by atoms with Gasteiger partial charge in [0.25, 0.3) is 0 Å². The largest absolute Gasteiger partial charge is 0.383 e. The topological polar surface area (TPSA) is 55.0 Å². The Hall–Kier alpha value is -0.970. The van der Waals surface area contributed by atoms with E-state index in [1.54, 1.807) is 0 Å². The summed E-state index contributed by atoms with van der Waals surface area (Å²) >= 11 is 1.84. The van der Waals surface area contributed by atoms with Gasteiger partial charge in [-0.1, -0.05) is 6.92 Å². The van der Waals surface area contributed by atoms with Crippen molar-refractivity contribution in [1.29, 1.82) is 0 Å². The summed E-state index contributed by atoms with van der Waals surface area (Å²) in [4.78, 5) is 11.0. The van der Waals surface area contributed by atoms with Crippen LogP contribution in [0, 0.1) is 6.92 Å². The summed E-state index contributed by atoms with van der Waals surface area (Å²) < 4.78 is 0. The zero-order valence-electron chi connectivity index (χ0n) is 11.3. The highest BCUT2D eigenvalue weighted by atomic mass is 32.2. The smallest absolute Gasteiger partial charge is 0.137 e. The zero-order valence-corrected chi connectivity index (χ0v) is 12.1. The van der Waals surface area contributed by atoms with E-state index in [-0.39, 0.29) is 0 Å². The fraction of sp³-hybridized carbons (Fsp3) is 0.667. The minimum absolute atomic E-state index is 0.433. The van der Waals surface area contributed by atoms with E-state index in [2.05, 4.69) is 35.1 Å². The van der Waals surface area contributed by atoms with Gasteiger partial charge in [0.2, 0.25) is 0 Å². The molecule has 1 aromatic heterocycles. The molecule has 1 rings (SSSR count). The summed E-state index contributed by atoms with van der Waals surface area (Å²) in [5, 5.41) is 0. The van der Waals surface area contributed by atoms with Crippen LogP contribution in [0.15, 0.2) is 0 Å². The molecule has 5 heteroatoms. The first-order valence-electron chi connectivity index (χ1n) is 5.86. The second-order valence-corrected chi connectivity index (χ2v) is 5.15. The Morgan fingerprint density at radius 1 is 1.41 bits per heavy atom. The minimum Gasteiger partial charge on any atom is -0.383 e. The minimum atomic E-state index is 0.433. The Labute approximate surface area is 108 Å². The van der Waals surface area contributed by atoms with Gasteiger partial charge in [-0.05, 0) is 20.1 Å². The molecule has 1 atom stereocenters. The van der Waals surface area contributed by atoms with Crippen molar-refractivity contribution in [3.63, 3.8) is 0 Å². The molecule has 0 amide bonds. The molecule has 0 aliphatic rings. The van der Waals surface area contributed by atoms with E-state index in [1.807, 2.05) is 25.6 Å². The summed E-state index contributed by atoms with van der Waals surface area (Å²) in [6.45, 7) is 6.21. The molecule has 17 heavy (non-hydrogen) atoms. The van der Waals surface area contributed by atoms with Gasteiger partial charge in [0.15, 0.2) is 0 Å². The average molecular weight is 254 g/mol. The van der Waals surface area contributed by atoms with Gasteiger partial charge >= 0.3 is 0 Å². The number of hydrogen-bond acceptors (Lipinski definition) is 5. The van der Waals surface area contributed by atoms with Gasteiger partial charge in [0.05, 0.1) is 0 Å². The standard InChI is InChI=1S/C12H22N4S/c1-6-10-14-11(13)9(3)12(15-10)16(4)8(2)7-17-5/h8H,6-7H2,1-5H3,(H2,13,14,15). The molecule has 0 aliphatic carbocycles. The van der Waals surface area contributed by atoms with Gasteiger partial charge in [-0.25, -0.2) is 9.97 Å². The van der Waals surface area contributed by atoms with Crippen molar-refractivity contribution < 1.29 is 0 Å². The van der Waals surface area contributed by atoms with Crippen LogP contribution < -0.4 is 10.6 Å². The fourth-order valence-corrected chi connectivity index (χ4v) is 2.34. The number of nitrogens with two attached hydrogens (primary N) is 1. The first-order chi connectivity index (χ1) is 8.01. The number of aryl methyl sites for hydroxylation is 1. The van der Waals surface area contributed by atoms with Gasteiger partial charge in [0, 0.05) is 30.8 Å². The first kappa shape index (κ1) is 14.1. The third-order valence-electron chi connectivity index (χ3n) is 2.92. The lowest BCUT2D eigenvalue weighted by atomic mass is 10.2. The third-order valence-corrected chi connectivity index (χ3v) is 3.74. The lowest BCUT2D eigenvalue weighted by Gasteiger charge is -2.27. The Bertz CT molecular complexity index is 381. The molecule has 0 bridgehead atoms. The van der Waals surface area contributed by atoms with E-state index in [4.69, 9.17) is 5.73 Å². The average Bonchev–Trinajstić information content (AvgIpc) is 2.31. The molecule has 0 fully saturated rings. The Morgan fingerprint density at radius 3 is 2.59 bits per heavy atom. The maximum absolute atomic E-state index is 5.93. The number of hydrogen-bond donors (Lipinski definition) is 1. The molecular weight excluding hydrogens is 232 g/mol. The highest BCUT2D eigenvalue weighted by Gasteiger charge is 2.16. The van der Waals surface area contributed by atoms with Crippen LogP contribution in [0.4, 0.5) is 11.6 Å². The van der Waals surface area contributed by atoms with Crippen LogP contribution in [0.5, 0.6) is 0 Å². The van der Waals surface area contributed by atoms with E-state index in [0.29, 0.717) is 11.9 Å². The van der Waals surface area contributed by atoms with Crippen LogP contribution in [0.3, 0.4) is 0 Å². The molecule has 4 nitrogen and oxygen atoms in total. The Kier molecular flexibility index (Phi) is 5.05. The van der Waals surface area contributed by atoms with Crippen LogP contribution >= 0.6 is 11.8 Å². The number of nitrogens with zero attached hydrogens (tertiary/aromatic N) is 3. The normalized spacial score (nSPS) is 12.5. The molecule has 0 spiro atoms. The molecule has 0 saturated heterocycles. The first-order valence-corrected chi connectivity index (χ1v) is 7.25. The highest BCUT2D eigenvalue weighted by molar-refractivity contribution is 7.98. The number of thioether (sulfide) groups is 1. The predicted molar refractivity (Wildman–Crippen MR) is 76.8 cm³/mol. The van der Waals surface area contributed by atoms with Crippen molar-refractivity contribution in [3.8, 4) is 0 Å². The lowest BCUT2D eigenvalue weighted by Crippen LogP contribution is -2.32. The quantitative estimate of drug-likeness (QED) is 0.872. The van der Waals surface area contributed by atoms with Crippen molar-refractivity contribution in [2.75, 3.05) is 29.7 Å². The molecule has 1 aromatic rings. The molecule has 0 radical (unpaired) electrons. The van der Waals surface area contributed by atoms with E-state index >= 15 is 0 Å². The molecule has 2 N–H and O–H groups in total. The van der Waals surface area contributed by atoms with Crippen molar-refractivity contribution in [2.45, 2.75) is 33.2 Å². The summed E-state index contributed by atoms with van der Waals surface area (Å²) in [6.07, 6.45) is 2.92. The van der Waals surface area contributed by atoms with Crippen LogP contribution in [-0.4, -0.2) is 35.1 Å². The Morgan fingerprint density at radius 2 is 2.06 bits per heavy atom. The second-order valence-electron chi connectivity index (χ2n) is 4.24. The highest BCUT2D eigenvalue weighted by Crippen LogP contribution is 2.23. The molecule has 96 valence electrons. The monoisotopic (exact) mass is 254 g/mol. The third kappa shape index (κ3) is 3.25. The van der Waals surface area contributed by atoms with E-state index < -0.39 is 0 Å². The molecule has 1 heterocycles. The molecular formula is C12H22N4S. The lowest BCUT2D eigenvalue weighted by molar-refractivity contribution is 0.742. The van der Waals surface area contributed by atoms with Gasteiger partial charge in [-0.3, -0.25) is 0 Å². The maximum Gasteiger partial charge on any atom is 0.137 e. The van der Waals surface area contributed by atoms with Crippen molar-refractivity contribution >= 4 is 23.4 Å². The molecule has 0 aliphatic heterocycles. The number of aromatic nitrogens is 2. The van der Waals surface area contributed by atoms with Gasteiger partial charge in [0.1, 0.15) is 17.5 Å². The van der Waals surface area contributed by atoms with Crippen LogP contribution in [-0.2, 0) is 6.42 Å². The van der Waals surface area contributed by atoms with Gasteiger partial charge in [-0.15, -0.1) is 0 Å². The van der Waals surface area contributed by atoms with Crippen LogP contribution in [0.25, 0.3) is 0 Å². The summed E-state index contributed by atoms with van der Waals surface area (Å²) in [5.74, 6) is 3.43. The maximum atomic E-state index is 5.93. The van der Waals surface area contributed by atoms with Gasteiger partial charge in [-0.2, -0.15) is 11.8 Å². The summed E-state index contributed by atoms with van der Waals surface area (Å²) in [7, 11) is 2.06. The predicted octanol–water partition coefficient (Wildman–Crippen LogP) is 2.12. The summed E-state index contributed by atoms with van der Waals surface area (Å²) in [6, 6.07) is 0.433. The summed E-state index contributed by atoms with van der Waals surface area (Å²) in [5.41, 5.74) is 6.90. The second kappa shape index (κ2) is 6.10. The SMILES string of the molecule is CCc1nc(N)c(C)c(N(C)C(C)CSC)n1. The number of rotatable bonds is 5. The molecule has 1 unspecified atom stereocenters. The van der Waals surface area contributed by atoms with E-state index in [9.17, 15) is 0 Å². The fourth-order valence-electron chi connectivity index (χ4n) is 1.63. The number of nitrogen functional groups attached to an aromatic ring is 1. The van der Waals surface area contributed by atoms with Crippen molar-refractivity contribution in [1.82, 2.24) is 9.97 Å².